The van der Waals surface area contributed by atoms with Gasteiger partial charge in [0.2, 0.25) is 0 Å². The van der Waals surface area contributed by atoms with Crippen LogP contribution in [0.15, 0.2) is 30.3 Å². The van der Waals surface area contributed by atoms with Gasteiger partial charge < -0.3 is 10.6 Å². The molecule has 1 aromatic carbocycles. The largest absolute Gasteiger partial charge is 0.347 e. The molecule has 0 aliphatic carbocycles. The molecule has 98 valence electrons. The minimum Gasteiger partial charge on any atom is -0.347 e. The van der Waals surface area contributed by atoms with Crippen LogP contribution in [0.5, 0.6) is 0 Å². The molecule has 1 aromatic heterocycles. The number of hydrogen-bond acceptors (Lipinski definition) is 3. The van der Waals surface area contributed by atoms with Crippen LogP contribution in [-0.4, -0.2) is 5.91 Å². The first kappa shape index (κ1) is 12.7. The lowest BCUT2D eigenvalue weighted by atomic mass is 10.1. The molecule has 1 aliphatic rings. The van der Waals surface area contributed by atoms with E-state index in [1.165, 1.54) is 22.5 Å². The van der Waals surface area contributed by atoms with Gasteiger partial charge in [-0.15, -0.1) is 11.3 Å². The molecule has 19 heavy (non-hydrogen) atoms. The van der Waals surface area contributed by atoms with E-state index in [-0.39, 0.29) is 5.91 Å². The number of halogens is 1. The second kappa shape index (κ2) is 5.33. The number of nitrogens with one attached hydrogen (secondary N) is 2. The molecule has 2 N–H and O–H groups in total. The van der Waals surface area contributed by atoms with E-state index in [9.17, 15) is 4.79 Å². The van der Waals surface area contributed by atoms with Gasteiger partial charge in [0.1, 0.15) is 0 Å². The Balaban J connectivity index is 1.64. The topological polar surface area (TPSA) is 41.1 Å². The quantitative estimate of drug-likeness (QED) is 0.913. The maximum atomic E-state index is 11.9. The maximum Gasteiger partial charge on any atom is 0.261 e. The summed E-state index contributed by atoms with van der Waals surface area (Å²) in [4.78, 5) is 12.5. The van der Waals surface area contributed by atoms with Gasteiger partial charge in [-0.05, 0) is 28.8 Å². The first-order chi connectivity index (χ1) is 9.22. The maximum absolute atomic E-state index is 11.9. The van der Waals surface area contributed by atoms with E-state index in [1.54, 1.807) is 12.1 Å². The highest BCUT2D eigenvalue weighted by atomic mass is 35.5. The summed E-state index contributed by atoms with van der Waals surface area (Å²) in [7, 11) is 0. The van der Waals surface area contributed by atoms with Crippen LogP contribution >= 0.6 is 22.9 Å². The van der Waals surface area contributed by atoms with Gasteiger partial charge in [0.05, 0.1) is 9.21 Å². The lowest BCUT2D eigenvalue weighted by Gasteiger charge is -2.06. The Morgan fingerprint density at radius 2 is 2.11 bits per heavy atom. The number of thiophene rings is 1. The van der Waals surface area contributed by atoms with Crippen molar-refractivity contribution in [2.24, 2.45) is 0 Å². The molecule has 0 radical (unpaired) electrons. The van der Waals surface area contributed by atoms with E-state index in [1.807, 2.05) is 0 Å². The molecule has 1 amide bonds. The van der Waals surface area contributed by atoms with Crippen LogP contribution in [0.3, 0.4) is 0 Å². The Morgan fingerprint density at radius 1 is 1.26 bits per heavy atom. The molecule has 0 bridgehead atoms. The van der Waals surface area contributed by atoms with Gasteiger partial charge >= 0.3 is 0 Å². The van der Waals surface area contributed by atoms with Crippen molar-refractivity contribution in [1.29, 1.82) is 0 Å². The van der Waals surface area contributed by atoms with Crippen molar-refractivity contribution in [3.63, 3.8) is 0 Å². The number of fused-ring (bicyclic) bond motifs is 1. The summed E-state index contributed by atoms with van der Waals surface area (Å²) < 4.78 is 0.633. The Labute approximate surface area is 120 Å². The van der Waals surface area contributed by atoms with Crippen molar-refractivity contribution in [3.05, 3.63) is 56.2 Å². The molecule has 1 aliphatic heterocycles. The molecule has 0 atom stereocenters. The van der Waals surface area contributed by atoms with Crippen LogP contribution in [0.2, 0.25) is 4.34 Å². The van der Waals surface area contributed by atoms with E-state index >= 15 is 0 Å². The highest BCUT2D eigenvalue weighted by molar-refractivity contribution is 7.17. The second-order valence-electron chi connectivity index (χ2n) is 4.49. The number of carbonyl (C=O) groups excluding carboxylic acids is 1. The zero-order valence-corrected chi connectivity index (χ0v) is 11.8. The van der Waals surface area contributed by atoms with Crippen molar-refractivity contribution in [3.8, 4) is 0 Å². The number of hydrogen-bond donors (Lipinski definition) is 2. The molecule has 0 unspecified atom stereocenters. The fourth-order valence-corrected chi connectivity index (χ4v) is 3.12. The standard InChI is InChI=1S/C14H13ClN2OS/c15-13-4-3-12(19-13)14(18)17-6-9-1-2-10-7-16-8-11(10)5-9/h1-5,16H,6-8H2,(H,17,18). The summed E-state index contributed by atoms with van der Waals surface area (Å²) in [5.41, 5.74) is 3.80. The average Bonchev–Trinajstić information content (AvgIpc) is 3.03. The Morgan fingerprint density at radius 3 is 2.89 bits per heavy atom. The first-order valence-corrected chi connectivity index (χ1v) is 7.27. The van der Waals surface area contributed by atoms with Crippen LogP contribution in [0.25, 0.3) is 0 Å². The average molecular weight is 293 g/mol. The summed E-state index contributed by atoms with van der Waals surface area (Å²) in [6.07, 6.45) is 0. The minimum absolute atomic E-state index is 0.0736. The van der Waals surface area contributed by atoms with Crippen LogP contribution in [0.4, 0.5) is 0 Å². The van der Waals surface area contributed by atoms with E-state index in [2.05, 4.69) is 28.8 Å². The van der Waals surface area contributed by atoms with E-state index in [0.717, 1.165) is 18.7 Å². The van der Waals surface area contributed by atoms with Crippen LogP contribution in [-0.2, 0) is 19.6 Å². The third kappa shape index (κ3) is 2.81. The van der Waals surface area contributed by atoms with E-state index in [4.69, 9.17) is 11.6 Å². The number of rotatable bonds is 3. The van der Waals surface area contributed by atoms with Crippen molar-refractivity contribution >= 4 is 28.8 Å². The molecule has 0 saturated carbocycles. The SMILES string of the molecule is O=C(NCc1ccc2c(c1)CNC2)c1ccc(Cl)s1. The predicted octanol–water partition coefficient (Wildman–Crippen LogP) is 2.93. The third-order valence-electron chi connectivity index (χ3n) is 3.15. The number of amides is 1. The molecule has 3 nitrogen and oxygen atoms in total. The van der Waals surface area contributed by atoms with Gasteiger partial charge in [-0.3, -0.25) is 4.79 Å². The molecule has 2 heterocycles. The summed E-state index contributed by atoms with van der Waals surface area (Å²) in [5, 5.41) is 6.22. The van der Waals surface area contributed by atoms with E-state index < -0.39 is 0 Å². The van der Waals surface area contributed by atoms with Gasteiger partial charge in [-0.25, -0.2) is 0 Å². The highest BCUT2D eigenvalue weighted by Crippen LogP contribution is 2.21. The fraction of sp³-hybridized carbons (Fsp3) is 0.214. The zero-order chi connectivity index (χ0) is 13.2. The van der Waals surface area contributed by atoms with Gasteiger partial charge in [0, 0.05) is 19.6 Å². The van der Waals surface area contributed by atoms with Gasteiger partial charge in [0.25, 0.3) is 5.91 Å². The Hall–Kier alpha value is -1.36. The van der Waals surface area contributed by atoms with Gasteiger partial charge in [0.15, 0.2) is 0 Å². The monoisotopic (exact) mass is 292 g/mol. The Kier molecular flexibility index (Phi) is 3.55. The van der Waals surface area contributed by atoms with Crippen molar-refractivity contribution in [2.45, 2.75) is 19.6 Å². The second-order valence-corrected chi connectivity index (χ2v) is 6.21. The molecular formula is C14H13ClN2OS. The molecule has 3 rings (SSSR count). The third-order valence-corrected chi connectivity index (χ3v) is 4.38. The molecule has 0 fully saturated rings. The van der Waals surface area contributed by atoms with Crippen LogP contribution in [0.1, 0.15) is 26.4 Å². The van der Waals surface area contributed by atoms with Gasteiger partial charge in [-0.2, -0.15) is 0 Å². The van der Waals surface area contributed by atoms with Crippen LogP contribution in [0, 0.1) is 0 Å². The summed E-state index contributed by atoms with van der Waals surface area (Å²) in [6, 6.07) is 9.82. The highest BCUT2D eigenvalue weighted by Gasteiger charge is 2.11. The fourth-order valence-electron chi connectivity index (χ4n) is 2.16. The first-order valence-electron chi connectivity index (χ1n) is 6.07. The molecule has 2 aromatic rings. The van der Waals surface area contributed by atoms with E-state index in [0.29, 0.717) is 15.8 Å². The lowest BCUT2D eigenvalue weighted by molar-refractivity contribution is 0.0955. The lowest BCUT2D eigenvalue weighted by Crippen LogP contribution is -2.21. The van der Waals surface area contributed by atoms with Crippen molar-refractivity contribution in [1.82, 2.24) is 10.6 Å². The summed E-state index contributed by atoms with van der Waals surface area (Å²) >= 11 is 7.11. The smallest absolute Gasteiger partial charge is 0.261 e. The van der Waals surface area contributed by atoms with Crippen molar-refractivity contribution in [2.75, 3.05) is 0 Å². The Bertz CT molecular complexity index is 624. The predicted molar refractivity (Wildman–Crippen MR) is 77.5 cm³/mol. The zero-order valence-electron chi connectivity index (χ0n) is 10.2. The number of carbonyl (C=O) groups is 1. The molecule has 5 heteroatoms. The minimum atomic E-state index is -0.0736. The van der Waals surface area contributed by atoms with Crippen molar-refractivity contribution < 1.29 is 4.79 Å². The molecule has 0 spiro atoms. The summed E-state index contributed by atoms with van der Waals surface area (Å²) in [5.74, 6) is -0.0736. The summed E-state index contributed by atoms with van der Waals surface area (Å²) in [6.45, 7) is 2.40. The van der Waals surface area contributed by atoms with Crippen LogP contribution < -0.4 is 10.6 Å². The van der Waals surface area contributed by atoms with Gasteiger partial charge in [-0.1, -0.05) is 29.8 Å². The molecule has 0 saturated heterocycles. The number of benzene rings is 1. The molecular weight excluding hydrogens is 280 g/mol. The normalized spacial score (nSPS) is 13.3.